The standard InChI is InChI=1S/C13H27NO3S/c1-3-4-5-6-7-8-10-14-13(16)12(15)9-11-18(2)17/h12,15H,3-11H2,1-2H3,(H,14,16)/t12?,18-/m1/s1. The zero-order chi connectivity index (χ0) is 13.8. The van der Waals surface area contributed by atoms with Gasteiger partial charge in [0.25, 0.3) is 0 Å². The predicted octanol–water partition coefficient (Wildman–Crippen LogP) is 1.59. The Kier molecular flexibility index (Phi) is 11.4. The van der Waals surface area contributed by atoms with Crippen LogP contribution in [-0.4, -0.2) is 39.9 Å². The first kappa shape index (κ1) is 17.6. The van der Waals surface area contributed by atoms with E-state index in [0.717, 1.165) is 12.8 Å². The van der Waals surface area contributed by atoms with Gasteiger partial charge in [-0.3, -0.25) is 9.00 Å². The maximum Gasteiger partial charge on any atom is 0.248 e. The van der Waals surface area contributed by atoms with Gasteiger partial charge >= 0.3 is 0 Å². The SMILES string of the molecule is CCCCCCCCNC(=O)C(O)CC[S@@](C)=O. The highest BCUT2D eigenvalue weighted by Crippen LogP contribution is 2.04. The van der Waals surface area contributed by atoms with Crippen LogP contribution in [0.2, 0.25) is 0 Å². The summed E-state index contributed by atoms with van der Waals surface area (Å²) in [6.45, 7) is 2.81. The molecular weight excluding hydrogens is 250 g/mol. The minimum absolute atomic E-state index is 0.269. The number of aliphatic hydroxyl groups excluding tert-OH is 1. The fourth-order valence-corrected chi connectivity index (χ4v) is 2.20. The van der Waals surface area contributed by atoms with E-state index in [4.69, 9.17) is 0 Å². The fraction of sp³-hybridized carbons (Fsp3) is 0.923. The lowest BCUT2D eigenvalue weighted by Gasteiger charge is -2.10. The Morgan fingerprint density at radius 2 is 1.83 bits per heavy atom. The van der Waals surface area contributed by atoms with Crippen LogP contribution in [0.15, 0.2) is 0 Å². The van der Waals surface area contributed by atoms with Crippen LogP contribution in [0, 0.1) is 0 Å². The molecule has 0 aromatic rings. The van der Waals surface area contributed by atoms with Gasteiger partial charge in [-0.1, -0.05) is 39.0 Å². The second-order valence-electron chi connectivity index (χ2n) is 4.64. The van der Waals surface area contributed by atoms with Gasteiger partial charge in [-0.05, 0) is 12.8 Å². The van der Waals surface area contributed by atoms with Gasteiger partial charge in [-0.2, -0.15) is 0 Å². The van der Waals surface area contributed by atoms with Crippen LogP contribution < -0.4 is 5.32 Å². The van der Waals surface area contributed by atoms with Gasteiger partial charge in [0, 0.05) is 29.4 Å². The third kappa shape index (κ3) is 10.7. The number of nitrogens with one attached hydrogen (secondary N) is 1. The molecule has 0 aromatic carbocycles. The Bertz CT molecular complexity index is 246. The molecule has 0 bridgehead atoms. The van der Waals surface area contributed by atoms with Gasteiger partial charge in [-0.25, -0.2) is 0 Å². The summed E-state index contributed by atoms with van der Waals surface area (Å²) < 4.78 is 10.8. The molecule has 0 rings (SSSR count). The van der Waals surface area contributed by atoms with E-state index in [1.165, 1.54) is 25.7 Å². The van der Waals surface area contributed by atoms with E-state index in [0.29, 0.717) is 12.3 Å². The van der Waals surface area contributed by atoms with Crippen LogP contribution in [0.3, 0.4) is 0 Å². The molecule has 18 heavy (non-hydrogen) atoms. The molecule has 0 saturated heterocycles. The van der Waals surface area contributed by atoms with Crippen molar-refractivity contribution in [3.63, 3.8) is 0 Å². The van der Waals surface area contributed by atoms with Crippen molar-refractivity contribution in [2.45, 2.75) is 58.0 Å². The molecular formula is C13H27NO3S. The van der Waals surface area contributed by atoms with Crippen molar-refractivity contribution in [3.8, 4) is 0 Å². The van der Waals surface area contributed by atoms with Crippen molar-refractivity contribution in [3.05, 3.63) is 0 Å². The minimum Gasteiger partial charge on any atom is -0.383 e. The highest BCUT2D eigenvalue weighted by Gasteiger charge is 2.14. The zero-order valence-electron chi connectivity index (χ0n) is 11.6. The van der Waals surface area contributed by atoms with E-state index < -0.39 is 16.9 Å². The van der Waals surface area contributed by atoms with Gasteiger partial charge in [0.15, 0.2) is 0 Å². The number of amides is 1. The summed E-state index contributed by atoms with van der Waals surface area (Å²) >= 11 is 0. The molecule has 0 spiro atoms. The molecule has 0 aromatic heterocycles. The van der Waals surface area contributed by atoms with Crippen molar-refractivity contribution in [2.24, 2.45) is 0 Å². The predicted molar refractivity (Wildman–Crippen MR) is 75.9 cm³/mol. The molecule has 0 aliphatic heterocycles. The third-order valence-electron chi connectivity index (χ3n) is 2.81. The maximum atomic E-state index is 11.4. The highest BCUT2D eigenvalue weighted by molar-refractivity contribution is 7.84. The molecule has 0 aliphatic carbocycles. The molecule has 1 unspecified atom stereocenters. The first-order valence-corrected chi connectivity index (χ1v) is 8.56. The summed E-state index contributed by atoms with van der Waals surface area (Å²) in [5.41, 5.74) is 0. The summed E-state index contributed by atoms with van der Waals surface area (Å²) in [5, 5.41) is 12.2. The maximum absolute atomic E-state index is 11.4. The van der Waals surface area contributed by atoms with Crippen LogP contribution >= 0.6 is 0 Å². The first-order valence-electron chi connectivity index (χ1n) is 6.83. The van der Waals surface area contributed by atoms with Gasteiger partial charge in [-0.15, -0.1) is 0 Å². The highest BCUT2D eigenvalue weighted by atomic mass is 32.2. The number of carbonyl (C=O) groups excluding carboxylic acids is 1. The second kappa shape index (κ2) is 11.7. The van der Waals surface area contributed by atoms with Crippen LogP contribution in [0.4, 0.5) is 0 Å². The van der Waals surface area contributed by atoms with E-state index in [2.05, 4.69) is 12.2 Å². The summed E-state index contributed by atoms with van der Waals surface area (Å²) in [7, 11) is -0.955. The second-order valence-corrected chi connectivity index (χ2v) is 6.20. The summed E-state index contributed by atoms with van der Waals surface area (Å²) in [6, 6.07) is 0. The van der Waals surface area contributed by atoms with Crippen LogP contribution in [0.5, 0.6) is 0 Å². The number of hydrogen-bond acceptors (Lipinski definition) is 3. The van der Waals surface area contributed by atoms with E-state index in [1.807, 2.05) is 0 Å². The van der Waals surface area contributed by atoms with Gasteiger partial charge in [0.05, 0.1) is 0 Å². The minimum atomic E-state index is -1.02. The Labute approximate surface area is 113 Å². The Hall–Kier alpha value is -0.420. The summed E-state index contributed by atoms with van der Waals surface area (Å²) in [4.78, 5) is 11.4. The van der Waals surface area contributed by atoms with Crippen molar-refractivity contribution in [2.75, 3.05) is 18.6 Å². The van der Waals surface area contributed by atoms with Crippen LogP contribution in [0.25, 0.3) is 0 Å². The van der Waals surface area contributed by atoms with Crippen LogP contribution in [0.1, 0.15) is 51.9 Å². The smallest absolute Gasteiger partial charge is 0.248 e. The number of unbranched alkanes of at least 4 members (excludes halogenated alkanes) is 5. The molecule has 108 valence electrons. The number of aliphatic hydroxyl groups is 1. The Balaban J connectivity index is 3.43. The molecule has 5 heteroatoms. The van der Waals surface area contributed by atoms with E-state index >= 15 is 0 Å². The lowest BCUT2D eigenvalue weighted by molar-refractivity contribution is -0.129. The zero-order valence-corrected chi connectivity index (χ0v) is 12.4. The fourth-order valence-electron chi connectivity index (χ4n) is 1.64. The largest absolute Gasteiger partial charge is 0.383 e. The molecule has 0 aliphatic rings. The normalized spacial score (nSPS) is 14.2. The molecule has 0 fully saturated rings. The number of rotatable bonds is 11. The van der Waals surface area contributed by atoms with Crippen molar-refractivity contribution in [1.29, 1.82) is 0 Å². The first-order chi connectivity index (χ1) is 8.57. The molecule has 0 radical (unpaired) electrons. The average Bonchev–Trinajstić information content (AvgIpc) is 2.34. The van der Waals surface area contributed by atoms with Gasteiger partial charge in [0.2, 0.25) is 5.91 Å². The average molecular weight is 277 g/mol. The van der Waals surface area contributed by atoms with E-state index in [9.17, 15) is 14.1 Å². The Morgan fingerprint density at radius 3 is 2.44 bits per heavy atom. The Morgan fingerprint density at radius 1 is 1.22 bits per heavy atom. The topological polar surface area (TPSA) is 66.4 Å². The van der Waals surface area contributed by atoms with Crippen LogP contribution in [-0.2, 0) is 15.6 Å². The van der Waals surface area contributed by atoms with E-state index in [-0.39, 0.29) is 12.3 Å². The van der Waals surface area contributed by atoms with Gasteiger partial charge in [0.1, 0.15) is 6.10 Å². The quantitative estimate of drug-likeness (QED) is 0.564. The van der Waals surface area contributed by atoms with Crippen molar-refractivity contribution < 1.29 is 14.1 Å². The van der Waals surface area contributed by atoms with E-state index in [1.54, 1.807) is 6.26 Å². The monoisotopic (exact) mass is 277 g/mol. The molecule has 2 N–H and O–H groups in total. The van der Waals surface area contributed by atoms with Gasteiger partial charge < -0.3 is 10.4 Å². The number of hydrogen-bond donors (Lipinski definition) is 2. The molecule has 1 amide bonds. The third-order valence-corrected chi connectivity index (χ3v) is 3.62. The summed E-state index contributed by atoms with van der Waals surface area (Å²) in [6.07, 6.45) is 7.88. The van der Waals surface area contributed by atoms with Crippen molar-refractivity contribution in [1.82, 2.24) is 5.32 Å². The molecule has 4 nitrogen and oxygen atoms in total. The molecule has 0 heterocycles. The molecule has 2 atom stereocenters. The summed E-state index contributed by atoms with van der Waals surface area (Å²) in [5.74, 6) is 0.0278. The number of carbonyl (C=O) groups is 1. The lowest BCUT2D eigenvalue weighted by atomic mass is 10.1. The molecule has 0 saturated carbocycles. The van der Waals surface area contributed by atoms with Crippen molar-refractivity contribution >= 4 is 16.7 Å². The lowest BCUT2D eigenvalue weighted by Crippen LogP contribution is -2.35.